The maximum Gasteiger partial charge on any atom is 0.319 e. The van der Waals surface area contributed by atoms with Crippen LogP contribution < -0.4 is 20.9 Å². The zero-order valence-corrected chi connectivity index (χ0v) is 26.6. The van der Waals surface area contributed by atoms with E-state index in [1.165, 1.54) is 6.20 Å². The first-order valence-corrected chi connectivity index (χ1v) is 16.3. The number of anilines is 3. The summed E-state index contributed by atoms with van der Waals surface area (Å²) < 4.78 is 3.33. The van der Waals surface area contributed by atoms with Crippen molar-refractivity contribution in [1.29, 1.82) is 0 Å². The maximum absolute atomic E-state index is 12.7. The minimum absolute atomic E-state index is 0.160. The lowest BCUT2D eigenvalue weighted by Gasteiger charge is -2.22. The van der Waals surface area contributed by atoms with Gasteiger partial charge in [-0.2, -0.15) is 15.1 Å². The number of carbonyl (C=O) groups is 1. The van der Waals surface area contributed by atoms with Gasteiger partial charge in [0.05, 0.1) is 55.7 Å². The molecule has 7 N–H and O–H groups in total. The molecule has 256 valence electrons. The predicted molar refractivity (Wildman–Crippen MR) is 180 cm³/mol. The average molecular weight is 670 g/mol. The standard InChI is InChI=1S/C33H39N11O5/c45-17-21-13-36-44(15-21)26-12-25(28(47)29(26)48)43-19-35-27-30(37-24(18-46)11-20-5-2-1-3-6-20)40-32(41-31(27)43)42-10-8-23(16-42)39-33(49)38-22-7-4-9-34-14-22/h1-7,9,13-15,19,23-26,28-29,45-48H,8,10-12,16-18H2,(H,37,40,41)(H2,38,39,49)/t23?,24-,25+,26-,28-,29+/m0/s1. The van der Waals surface area contributed by atoms with Crippen LogP contribution in [0.25, 0.3) is 11.2 Å². The fourth-order valence-electron chi connectivity index (χ4n) is 6.66. The number of urea groups is 1. The number of benzene rings is 1. The molecule has 2 amide bonds. The van der Waals surface area contributed by atoms with E-state index >= 15 is 0 Å². The Kier molecular flexibility index (Phi) is 9.34. The van der Waals surface area contributed by atoms with E-state index in [9.17, 15) is 25.2 Å². The van der Waals surface area contributed by atoms with Crippen LogP contribution in [0.15, 0.2) is 73.6 Å². The van der Waals surface area contributed by atoms with Gasteiger partial charge in [0.25, 0.3) is 0 Å². The van der Waals surface area contributed by atoms with Crippen molar-refractivity contribution in [2.24, 2.45) is 0 Å². The number of aliphatic hydroxyl groups is 4. The van der Waals surface area contributed by atoms with Crippen molar-refractivity contribution in [2.45, 2.75) is 62.2 Å². The van der Waals surface area contributed by atoms with Gasteiger partial charge in [0.1, 0.15) is 12.2 Å². The average Bonchev–Trinajstić information content (AvgIpc) is 3.93. The molecule has 2 aliphatic rings. The second-order valence-corrected chi connectivity index (χ2v) is 12.5. The van der Waals surface area contributed by atoms with Crippen molar-refractivity contribution < 1.29 is 25.2 Å². The molecule has 16 nitrogen and oxygen atoms in total. The molecule has 1 saturated carbocycles. The maximum atomic E-state index is 12.7. The number of aromatic nitrogens is 7. The van der Waals surface area contributed by atoms with Gasteiger partial charge in [-0.05, 0) is 37.0 Å². The normalized spacial score (nSPS) is 22.8. The summed E-state index contributed by atoms with van der Waals surface area (Å²) in [5.74, 6) is 0.818. The van der Waals surface area contributed by atoms with E-state index in [1.807, 2.05) is 35.2 Å². The number of hydrogen-bond acceptors (Lipinski definition) is 12. The van der Waals surface area contributed by atoms with Crippen LogP contribution in [0.4, 0.5) is 22.2 Å². The van der Waals surface area contributed by atoms with E-state index in [-0.39, 0.29) is 31.3 Å². The molecule has 1 unspecified atom stereocenters. The molecule has 5 heterocycles. The number of nitrogens with one attached hydrogen (secondary N) is 3. The first kappa shape index (κ1) is 32.4. The number of nitrogens with zero attached hydrogens (tertiary/aromatic N) is 8. The van der Waals surface area contributed by atoms with Crippen molar-refractivity contribution in [3.8, 4) is 0 Å². The molecule has 4 aromatic heterocycles. The lowest BCUT2D eigenvalue weighted by atomic mass is 10.1. The van der Waals surface area contributed by atoms with Gasteiger partial charge in [0.15, 0.2) is 17.0 Å². The Hall–Kier alpha value is -5.16. The van der Waals surface area contributed by atoms with Gasteiger partial charge >= 0.3 is 6.03 Å². The van der Waals surface area contributed by atoms with Crippen LogP contribution in [0.3, 0.4) is 0 Å². The first-order chi connectivity index (χ1) is 23.9. The number of carbonyl (C=O) groups excluding carboxylic acids is 1. The van der Waals surface area contributed by atoms with Gasteiger partial charge in [0.2, 0.25) is 5.95 Å². The van der Waals surface area contributed by atoms with Gasteiger partial charge in [0, 0.05) is 37.1 Å². The van der Waals surface area contributed by atoms with Crippen molar-refractivity contribution in [3.63, 3.8) is 0 Å². The number of pyridine rings is 1. The molecule has 6 atom stereocenters. The highest BCUT2D eigenvalue weighted by molar-refractivity contribution is 5.89. The monoisotopic (exact) mass is 669 g/mol. The third-order valence-corrected chi connectivity index (χ3v) is 9.18. The van der Waals surface area contributed by atoms with E-state index in [2.05, 4.69) is 31.0 Å². The molecular formula is C33H39N11O5. The Balaban J connectivity index is 1.17. The van der Waals surface area contributed by atoms with Gasteiger partial charge in [-0.1, -0.05) is 30.3 Å². The molecule has 1 aliphatic carbocycles. The highest BCUT2D eigenvalue weighted by Gasteiger charge is 2.44. The highest BCUT2D eigenvalue weighted by atomic mass is 16.3. The molecule has 0 bridgehead atoms. The Morgan fingerprint density at radius 1 is 1.00 bits per heavy atom. The second kappa shape index (κ2) is 14.1. The van der Waals surface area contributed by atoms with Crippen LogP contribution in [0, 0.1) is 0 Å². The van der Waals surface area contributed by atoms with Crippen LogP contribution >= 0.6 is 0 Å². The summed E-state index contributed by atoms with van der Waals surface area (Å²) in [4.78, 5) is 33.2. The zero-order chi connectivity index (χ0) is 33.9. The second-order valence-electron chi connectivity index (χ2n) is 12.5. The minimum Gasteiger partial charge on any atom is -0.394 e. The van der Waals surface area contributed by atoms with Crippen molar-refractivity contribution in [2.75, 3.05) is 35.2 Å². The number of aliphatic hydroxyl groups excluding tert-OH is 4. The van der Waals surface area contributed by atoms with Gasteiger partial charge < -0.3 is 45.8 Å². The summed E-state index contributed by atoms with van der Waals surface area (Å²) in [6.07, 6.45) is 7.23. The Labute approximate surface area is 281 Å². The van der Waals surface area contributed by atoms with E-state index in [1.54, 1.807) is 46.3 Å². The number of imidazole rings is 1. The number of fused-ring (bicyclic) bond motifs is 1. The smallest absolute Gasteiger partial charge is 0.319 e. The number of hydrogen-bond donors (Lipinski definition) is 7. The minimum atomic E-state index is -1.15. The summed E-state index contributed by atoms with van der Waals surface area (Å²) in [7, 11) is 0. The molecule has 0 radical (unpaired) electrons. The van der Waals surface area contributed by atoms with E-state index in [0.717, 1.165) is 5.56 Å². The first-order valence-electron chi connectivity index (χ1n) is 16.3. The molecule has 1 aromatic carbocycles. The van der Waals surface area contributed by atoms with E-state index < -0.39 is 24.3 Å². The van der Waals surface area contributed by atoms with Crippen LogP contribution in [-0.2, 0) is 13.0 Å². The van der Waals surface area contributed by atoms with Crippen molar-refractivity contribution in [3.05, 3.63) is 84.7 Å². The molecule has 0 spiro atoms. The molecule has 49 heavy (non-hydrogen) atoms. The summed E-state index contributed by atoms with van der Waals surface area (Å²) in [5, 5.41) is 55.7. The van der Waals surface area contributed by atoms with Crippen LogP contribution in [0.1, 0.15) is 36.1 Å². The molecule has 1 saturated heterocycles. The lowest BCUT2D eigenvalue weighted by Crippen LogP contribution is -2.40. The summed E-state index contributed by atoms with van der Waals surface area (Å²) in [6, 6.07) is 11.3. The molecular weight excluding hydrogens is 630 g/mol. The summed E-state index contributed by atoms with van der Waals surface area (Å²) in [6.45, 7) is 0.681. The van der Waals surface area contributed by atoms with Crippen LogP contribution in [0.2, 0.25) is 0 Å². The van der Waals surface area contributed by atoms with Gasteiger partial charge in [-0.3, -0.25) is 9.67 Å². The number of amides is 2. The third kappa shape index (κ3) is 6.89. The van der Waals surface area contributed by atoms with Crippen LogP contribution in [-0.4, -0.2) is 105 Å². The SMILES string of the molecule is O=C(Nc1cccnc1)NC1CCN(c2nc(N[C@H](CO)Cc3ccccc3)c3ncn([C@@H]4C[C@H](n5cc(CO)cn5)[C@@H](O)[C@H]4O)c3n2)C1. The van der Waals surface area contributed by atoms with Gasteiger partial charge in [-0.25, -0.2) is 9.78 Å². The molecule has 2 fully saturated rings. The lowest BCUT2D eigenvalue weighted by molar-refractivity contribution is 0.00720. The fourth-order valence-corrected chi connectivity index (χ4v) is 6.66. The van der Waals surface area contributed by atoms with E-state index in [0.29, 0.717) is 66.5 Å². The fraction of sp³-hybridized carbons (Fsp3) is 0.394. The summed E-state index contributed by atoms with van der Waals surface area (Å²) in [5.41, 5.74) is 3.13. The third-order valence-electron chi connectivity index (χ3n) is 9.18. The van der Waals surface area contributed by atoms with E-state index in [4.69, 9.17) is 9.97 Å². The molecule has 1 aliphatic heterocycles. The quantitative estimate of drug-likeness (QED) is 0.106. The molecule has 7 rings (SSSR count). The largest absolute Gasteiger partial charge is 0.394 e. The Bertz CT molecular complexity index is 1870. The number of rotatable bonds is 11. The van der Waals surface area contributed by atoms with Crippen LogP contribution in [0.5, 0.6) is 0 Å². The van der Waals surface area contributed by atoms with Crippen molar-refractivity contribution in [1.82, 2.24) is 39.6 Å². The topological polar surface area (TPSA) is 212 Å². The molecule has 5 aromatic rings. The molecule has 16 heteroatoms. The Morgan fingerprint density at radius 3 is 2.59 bits per heavy atom. The predicted octanol–water partition coefficient (Wildman–Crippen LogP) is 1.23. The summed E-state index contributed by atoms with van der Waals surface area (Å²) >= 11 is 0. The zero-order valence-electron chi connectivity index (χ0n) is 26.6. The highest BCUT2D eigenvalue weighted by Crippen LogP contribution is 2.40. The van der Waals surface area contributed by atoms with Gasteiger partial charge in [-0.15, -0.1) is 0 Å². The Morgan fingerprint density at radius 2 is 1.84 bits per heavy atom. The van der Waals surface area contributed by atoms with Crippen molar-refractivity contribution >= 4 is 34.6 Å².